The molecule has 144 valence electrons. The van der Waals surface area contributed by atoms with Gasteiger partial charge in [0.1, 0.15) is 18.1 Å². The third-order valence-electron chi connectivity index (χ3n) is 3.91. The molecular weight excluding hydrogens is 487 g/mol. The summed E-state index contributed by atoms with van der Waals surface area (Å²) in [6.07, 6.45) is 0. The number of benzene rings is 2. The topological polar surface area (TPSA) is 85.7 Å². The summed E-state index contributed by atoms with van der Waals surface area (Å²) in [5.74, 6) is 2.51. The van der Waals surface area contributed by atoms with Crippen molar-refractivity contribution in [2.24, 2.45) is 10.7 Å². The molecule has 0 bridgehead atoms. The number of methoxy groups -OCH3 is 1. The Morgan fingerprint density at radius 1 is 1.18 bits per heavy atom. The first-order chi connectivity index (χ1) is 13.2. The van der Waals surface area contributed by atoms with Crippen LogP contribution in [0.2, 0.25) is 0 Å². The first-order valence-corrected chi connectivity index (χ1v) is 9.18. The number of aliphatic imine (C=N–C) groups is 1. The summed E-state index contributed by atoms with van der Waals surface area (Å²) in [7, 11) is 1.62. The monoisotopic (exact) mass is 506 g/mol. The lowest BCUT2D eigenvalue weighted by Crippen LogP contribution is -2.22. The number of hydrogen-bond donors (Lipinski definition) is 2. The van der Waals surface area contributed by atoms with Crippen molar-refractivity contribution < 1.29 is 9.15 Å². The summed E-state index contributed by atoms with van der Waals surface area (Å²) >= 11 is 1.60. The summed E-state index contributed by atoms with van der Waals surface area (Å²) in [6, 6.07) is 19.3. The molecule has 2 aromatic carbocycles. The molecule has 0 amide bonds. The molecule has 0 aliphatic carbocycles. The molecule has 4 aromatic rings. The average molecular weight is 506 g/mol. The third-order valence-corrected chi connectivity index (χ3v) is 4.96. The third kappa shape index (κ3) is 4.63. The first kappa shape index (κ1) is 20.2. The summed E-state index contributed by atoms with van der Waals surface area (Å²) in [4.78, 5) is 8.93. The second kappa shape index (κ2) is 9.07. The number of hydrogen-bond acceptors (Lipinski definition) is 5. The normalized spacial score (nSPS) is 11.2. The predicted molar refractivity (Wildman–Crippen MR) is 125 cm³/mol. The minimum absolute atomic E-state index is 0. The molecule has 2 aromatic heterocycles. The van der Waals surface area contributed by atoms with Crippen LogP contribution < -0.4 is 15.8 Å². The number of guanidine groups is 1. The fourth-order valence-corrected chi connectivity index (χ4v) is 3.53. The van der Waals surface area contributed by atoms with Crippen LogP contribution in [-0.4, -0.2) is 18.1 Å². The molecule has 4 rings (SSSR count). The second-order valence-corrected chi connectivity index (χ2v) is 6.84. The number of anilines is 1. The first-order valence-electron chi connectivity index (χ1n) is 8.37. The van der Waals surface area contributed by atoms with Gasteiger partial charge >= 0.3 is 0 Å². The van der Waals surface area contributed by atoms with E-state index in [1.165, 1.54) is 0 Å². The Labute approximate surface area is 183 Å². The maximum Gasteiger partial charge on any atom is 0.193 e. The highest BCUT2D eigenvalue weighted by Gasteiger charge is 2.10. The summed E-state index contributed by atoms with van der Waals surface area (Å²) in [6.45, 7) is 0.341. The molecule has 0 spiro atoms. The van der Waals surface area contributed by atoms with Gasteiger partial charge in [-0.05, 0) is 36.4 Å². The molecule has 3 N–H and O–H groups in total. The van der Waals surface area contributed by atoms with Crippen molar-refractivity contribution in [3.05, 3.63) is 66.4 Å². The minimum Gasteiger partial charge on any atom is -0.497 e. The number of furan rings is 1. The standard InChI is InChI=1S/C20H18N4O2S.HI/c1-25-14-6-4-5-13(11-14)23-20(21)22-12-15-9-10-17(26-15)19-24-16-7-2-3-8-18(16)27-19;/h2-11H,12H2,1H3,(H3,21,22,23);1H. The molecule has 0 aliphatic heterocycles. The summed E-state index contributed by atoms with van der Waals surface area (Å²) in [5.41, 5.74) is 7.74. The molecule has 8 heteroatoms. The molecule has 0 radical (unpaired) electrons. The van der Waals surface area contributed by atoms with Gasteiger partial charge in [-0.2, -0.15) is 0 Å². The number of para-hydroxylation sites is 1. The second-order valence-electron chi connectivity index (χ2n) is 5.81. The van der Waals surface area contributed by atoms with Crippen LogP contribution in [-0.2, 0) is 6.54 Å². The van der Waals surface area contributed by atoms with E-state index in [9.17, 15) is 0 Å². The molecule has 0 fully saturated rings. The van der Waals surface area contributed by atoms with Gasteiger partial charge in [-0.1, -0.05) is 18.2 Å². The lowest BCUT2D eigenvalue weighted by molar-refractivity contribution is 0.415. The Hall–Kier alpha value is -2.59. The molecule has 2 heterocycles. The zero-order valence-electron chi connectivity index (χ0n) is 15.1. The van der Waals surface area contributed by atoms with E-state index in [0.717, 1.165) is 38.2 Å². The van der Waals surface area contributed by atoms with Crippen LogP contribution in [0.15, 0.2) is 70.1 Å². The smallest absolute Gasteiger partial charge is 0.193 e. The quantitative estimate of drug-likeness (QED) is 0.223. The fraction of sp³-hybridized carbons (Fsp3) is 0.100. The van der Waals surface area contributed by atoms with E-state index in [2.05, 4.69) is 21.4 Å². The molecule has 0 unspecified atom stereocenters. The Morgan fingerprint density at radius 3 is 2.86 bits per heavy atom. The van der Waals surface area contributed by atoms with E-state index >= 15 is 0 Å². The Kier molecular flexibility index (Phi) is 6.53. The number of fused-ring (bicyclic) bond motifs is 1. The summed E-state index contributed by atoms with van der Waals surface area (Å²) < 4.78 is 12.2. The number of nitrogens with zero attached hydrogens (tertiary/aromatic N) is 2. The zero-order chi connectivity index (χ0) is 18.6. The number of aromatic nitrogens is 1. The maximum atomic E-state index is 5.96. The lowest BCUT2D eigenvalue weighted by Gasteiger charge is -2.06. The van der Waals surface area contributed by atoms with Gasteiger partial charge in [-0.25, -0.2) is 9.98 Å². The van der Waals surface area contributed by atoms with Crippen molar-refractivity contribution in [2.75, 3.05) is 12.4 Å². The largest absolute Gasteiger partial charge is 0.497 e. The van der Waals surface area contributed by atoms with Gasteiger partial charge in [0.15, 0.2) is 16.7 Å². The van der Waals surface area contributed by atoms with Crippen molar-refractivity contribution in [1.82, 2.24) is 4.98 Å². The van der Waals surface area contributed by atoms with Crippen molar-refractivity contribution >= 4 is 57.2 Å². The molecule has 0 saturated heterocycles. The van der Waals surface area contributed by atoms with E-state index in [1.807, 2.05) is 54.6 Å². The van der Waals surface area contributed by atoms with E-state index in [4.69, 9.17) is 14.9 Å². The van der Waals surface area contributed by atoms with Gasteiger partial charge in [0, 0.05) is 11.8 Å². The number of rotatable bonds is 5. The van der Waals surface area contributed by atoms with Gasteiger partial charge in [-0.15, -0.1) is 35.3 Å². The highest BCUT2D eigenvalue weighted by molar-refractivity contribution is 14.0. The van der Waals surface area contributed by atoms with Crippen LogP contribution in [0.3, 0.4) is 0 Å². The molecule has 6 nitrogen and oxygen atoms in total. The van der Waals surface area contributed by atoms with Gasteiger partial charge in [0.25, 0.3) is 0 Å². The van der Waals surface area contributed by atoms with Crippen molar-refractivity contribution in [1.29, 1.82) is 0 Å². The van der Waals surface area contributed by atoms with Gasteiger partial charge in [0.2, 0.25) is 0 Å². The van der Waals surface area contributed by atoms with Crippen molar-refractivity contribution in [2.45, 2.75) is 6.54 Å². The lowest BCUT2D eigenvalue weighted by atomic mass is 10.3. The highest BCUT2D eigenvalue weighted by Crippen LogP contribution is 2.31. The van der Waals surface area contributed by atoms with Crippen molar-refractivity contribution in [3.63, 3.8) is 0 Å². The van der Waals surface area contributed by atoms with E-state index in [1.54, 1.807) is 18.4 Å². The maximum absolute atomic E-state index is 5.96. The van der Waals surface area contributed by atoms with Gasteiger partial charge in [-0.3, -0.25) is 0 Å². The number of nitrogens with one attached hydrogen (secondary N) is 1. The number of nitrogens with two attached hydrogens (primary N) is 1. The van der Waals surface area contributed by atoms with E-state index in [-0.39, 0.29) is 24.0 Å². The molecule has 0 aliphatic rings. The van der Waals surface area contributed by atoms with Crippen LogP contribution in [0.5, 0.6) is 5.75 Å². The number of ether oxygens (including phenoxy) is 1. The Morgan fingerprint density at radius 2 is 2.04 bits per heavy atom. The zero-order valence-corrected chi connectivity index (χ0v) is 18.2. The van der Waals surface area contributed by atoms with Crippen LogP contribution in [0.25, 0.3) is 21.0 Å². The van der Waals surface area contributed by atoms with Crippen LogP contribution in [0.1, 0.15) is 5.76 Å². The molecule has 0 atom stereocenters. The van der Waals surface area contributed by atoms with E-state index < -0.39 is 0 Å². The van der Waals surface area contributed by atoms with Crippen LogP contribution in [0.4, 0.5) is 5.69 Å². The van der Waals surface area contributed by atoms with E-state index in [0.29, 0.717) is 12.5 Å². The number of thiazole rings is 1. The van der Waals surface area contributed by atoms with Gasteiger partial charge in [0.05, 0.1) is 17.3 Å². The average Bonchev–Trinajstić information content (AvgIpc) is 3.33. The van der Waals surface area contributed by atoms with Gasteiger partial charge < -0.3 is 20.2 Å². The summed E-state index contributed by atoms with van der Waals surface area (Å²) in [5, 5.41) is 3.89. The van der Waals surface area contributed by atoms with Crippen molar-refractivity contribution in [3.8, 4) is 16.5 Å². The molecular formula is C20H19IN4O2S. The van der Waals surface area contributed by atoms with Crippen LogP contribution in [0, 0.1) is 0 Å². The predicted octanol–water partition coefficient (Wildman–Crippen LogP) is 5.11. The minimum atomic E-state index is 0. The Balaban J connectivity index is 0.00000225. The Bertz CT molecular complexity index is 1070. The van der Waals surface area contributed by atoms with Crippen LogP contribution >= 0.6 is 35.3 Å². The fourth-order valence-electron chi connectivity index (χ4n) is 2.61. The highest BCUT2D eigenvalue weighted by atomic mass is 127. The molecule has 28 heavy (non-hydrogen) atoms. The number of halogens is 1. The SMILES string of the molecule is COc1cccc(NC(N)=NCc2ccc(-c3nc4ccccc4s3)o2)c1.I. The molecule has 0 saturated carbocycles.